The SMILES string of the molecule is Cc1occc1-c1nnc(SCc2cccc3ccccc23)n1CC1CCCO1. The van der Waals surface area contributed by atoms with Gasteiger partial charge in [0, 0.05) is 12.4 Å². The lowest BCUT2D eigenvalue weighted by Gasteiger charge is -2.14. The Bertz CT molecular complexity index is 1120. The van der Waals surface area contributed by atoms with E-state index in [1.165, 1.54) is 16.3 Å². The van der Waals surface area contributed by atoms with Crippen molar-refractivity contribution in [3.8, 4) is 11.4 Å². The maximum Gasteiger partial charge on any atom is 0.191 e. The highest BCUT2D eigenvalue weighted by atomic mass is 32.2. The smallest absolute Gasteiger partial charge is 0.191 e. The Kier molecular flexibility index (Phi) is 5.12. The molecule has 1 atom stereocenters. The van der Waals surface area contributed by atoms with Gasteiger partial charge in [0.1, 0.15) is 5.76 Å². The van der Waals surface area contributed by atoms with Crippen molar-refractivity contribution in [2.24, 2.45) is 0 Å². The van der Waals surface area contributed by atoms with Crippen LogP contribution in [0.15, 0.2) is 64.4 Å². The minimum Gasteiger partial charge on any atom is -0.469 e. The molecule has 1 saturated heterocycles. The molecule has 0 radical (unpaired) electrons. The minimum absolute atomic E-state index is 0.217. The summed E-state index contributed by atoms with van der Waals surface area (Å²) in [4.78, 5) is 0. The second-order valence-electron chi connectivity index (χ2n) is 7.37. The first kappa shape index (κ1) is 18.5. The van der Waals surface area contributed by atoms with Gasteiger partial charge in [0.05, 0.1) is 24.5 Å². The van der Waals surface area contributed by atoms with E-state index in [9.17, 15) is 0 Å². The predicted octanol–water partition coefficient (Wildman–Crippen LogP) is 5.47. The van der Waals surface area contributed by atoms with Gasteiger partial charge in [0.2, 0.25) is 0 Å². The number of nitrogens with zero attached hydrogens (tertiary/aromatic N) is 3. The molecule has 0 saturated carbocycles. The first-order chi connectivity index (χ1) is 14.3. The van der Waals surface area contributed by atoms with Crippen molar-refractivity contribution in [1.82, 2.24) is 14.8 Å². The fourth-order valence-corrected chi connectivity index (χ4v) is 4.88. The molecule has 1 unspecified atom stereocenters. The van der Waals surface area contributed by atoms with Crippen LogP contribution >= 0.6 is 11.8 Å². The van der Waals surface area contributed by atoms with Gasteiger partial charge in [0.25, 0.3) is 0 Å². The van der Waals surface area contributed by atoms with Gasteiger partial charge in [-0.15, -0.1) is 10.2 Å². The van der Waals surface area contributed by atoms with Gasteiger partial charge in [-0.1, -0.05) is 54.2 Å². The third-order valence-electron chi connectivity index (χ3n) is 5.46. The standard InChI is InChI=1S/C23H23N3O2S/c1-16-20(11-13-27-16)22-24-25-23(26(22)14-19-9-5-12-28-19)29-15-18-8-4-7-17-6-2-3-10-21(17)18/h2-4,6-8,10-11,13,19H,5,9,12,14-15H2,1H3. The molecule has 2 aromatic heterocycles. The first-order valence-electron chi connectivity index (χ1n) is 9.98. The lowest BCUT2D eigenvalue weighted by atomic mass is 10.1. The summed E-state index contributed by atoms with van der Waals surface area (Å²) in [6.07, 6.45) is 4.12. The molecule has 2 aromatic carbocycles. The summed E-state index contributed by atoms with van der Waals surface area (Å²) in [7, 11) is 0. The van der Waals surface area contributed by atoms with Crippen molar-refractivity contribution in [3.05, 3.63) is 66.1 Å². The lowest BCUT2D eigenvalue weighted by molar-refractivity contribution is 0.0953. The highest BCUT2D eigenvalue weighted by Gasteiger charge is 2.23. The van der Waals surface area contributed by atoms with E-state index in [0.717, 1.165) is 54.1 Å². The van der Waals surface area contributed by atoms with Crippen LogP contribution in [0.1, 0.15) is 24.2 Å². The molecule has 0 spiro atoms. The average molecular weight is 406 g/mol. The van der Waals surface area contributed by atoms with E-state index in [2.05, 4.69) is 57.2 Å². The molecule has 5 rings (SSSR count). The summed E-state index contributed by atoms with van der Waals surface area (Å²) in [5.74, 6) is 2.55. The Labute approximate surface area is 174 Å². The number of furan rings is 1. The normalized spacial score (nSPS) is 16.7. The molecule has 148 valence electrons. The van der Waals surface area contributed by atoms with Crippen LogP contribution in [-0.4, -0.2) is 27.5 Å². The molecular formula is C23H23N3O2S. The quantitative estimate of drug-likeness (QED) is 0.398. The van der Waals surface area contributed by atoms with Crippen LogP contribution < -0.4 is 0 Å². The first-order valence-corrected chi connectivity index (χ1v) is 11.0. The number of rotatable bonds is 6. The molecule has 1 aliphatic rings. The Morgan fingerprint density at radius 3 is 2.83 bits per heavy atom. The summed E-state index contributed by atoms with van der Waals surface area (Å²) in [6, 6.07) is 16.9. The Balaban J connectivity index is 1.46. The molecule has 0 bridgehead atoms. The summed E-state index contributed by atoms with van der Waals surface area (Å²) in [5, 5.41) is 12.5. The fourth-order valence-electron chi connectivity index (χ4n) is 3.93. The van der Waals surface area contributed by atoms with Gasteiger partial charge in [-0.2, -0.15) is 0 Å². The second-order valence-corrected chi connectivity index (χ2v) is 8.31. The number of benzene rings is 2. The van der Waals surface area contributed by atoms with E-state index < -0.39 is 0 Å². The van der Waals surface area contributed by atoms with E-state index in [4.69, 9.17) is 9.15 Å². The second kappa shape index (κ2) is 8.05. The highest BCUT2D eigenvalue weighted by Crippen LogP contribution is 2.31. The van der Waals surface area contributed by atoms with Crippen LogP contribution in [0.4, 0.5) is 0 Å². The summed E-state index contributed by atoms with van der Waals surface area (Å²) in [6.45, 7) is 3.57. The van der Waals surface area contributed by atoms with Crippen molar-refractivity contribution in [3.63, 3.8) is 0 Å². The Hall–Kier alpha value is -2.57. The van der Waals surface area contributed by atoms with Gasteiger partial charge in [-0.25, -0.2) is 0 Å². The van der Waals surface area contributed by atoms with Gasteiger partial charge in [0.15, 0.2) is 11.0 Å². The lowest BCUT2D eigenvalue weighted by Crippen LogP contribution is -2.16. The van der Waals surface area contributed by atoms with Crippen LogP contribution in [0.5, 0.6) is 0 Å². The van der Waals surface area contributed by atoms with Gasteiger partial charge in [-0.3, -0.25) is 4.57 Å². The number of aryl methyl sites for hydroxylation is 1. The maximum atomic E-state index is 5.90. The largest absolute Gasteiger partial charge is 0.469 e. The molecule has 0 amide bonds. The van der Waals surface area contributed by atoms with Crippen molar-refractivity contribution in [1.29, 1.82) is 0 Å². The van der Waals surface area contributed by atoms with E-state index >= 15 is 0 Å². The number of aromatic nitrogens is 3. The number of ether oxygens (including phenoxy) is 1. The molecule has 1 aliphatic heterocycles. The maximum absolute atomic E-state index is 5.90. The Morgan fingerprint density at radius 1 is 1.10 bits per heavy atom. The number of fused-ring (bicyclic) bond motifs is 1. The molecular weight excluding hydrogens is 382 g/mol. The third kappa shape index (κ3) is 3.70. The monoisotopic (exact) mass is 405 g/mol. The number of hydrogen-bond donors (Lipinski definition) is 0. The topological polar surface area (TPSA) is 53.1 Å². The van der Waals surface area contributed by atoms with Gasteiger partial charge in [-0.05, 0) is 42.2 Å². The zero-order valence-electron chi connectivity index (χ0n) is 16.4. The van der Waals surface area contributed by atoms with Gasteiger partial charge >= 0.3 is 0 Å². The minimum atomic E-state index is 0.217. The fraction of sp³-hybridized carbons (Fsp3) is 0.304. The van der Waals surface area contributed by atoms with E-state index in [0.29, 0.717) is 0 Å². The molecule has 4 aromatic rings. The molecule has 0 N–H and O–H groups in total. The van der Waals surface area contributed by atoms with Crippen LogP contribution in [0.3, 0.4) is 0 Å². The number of hydrogen-bond acceptors (Lipinski definition) is 5. The van der Waals surface area contributed by atoms with Crippen molar-refractivity contribution in [2.45, 2.75) is 43.3 Å². The molecule has 3 heterocycles. The molecule has 5 nitrogen and oxygen atoms in total. The van der Waals surface area contributed by atoms with E-state index in [1.54, 1.807) is 18.0 Å². The summed E-state index contributed by atoms with van der Waals surface area (Å²) >= 11 is 1.73. The van der Waals surface area contributed by atoms with E-state index in [1.807, 2.05) is 13.0 Å². The third-order valence-corrected chi connectivity index (χ3v) is 6.48. The van der Waals surface area contributed by atoms with Crippen LogP contribution in [0, 0.1) is 6.92 Å². The van der Waals surface area contributed by atoms with Crippen molar-refractivity contribution < 1.29 is 9.15 Å². The predicted molar refractivity (Wildman–Crippen MR) is 115 cm³/mol. The molecule has 0 aliphatic carbocycles. The van der Waals surface area contributed by atoms with Crippen LogP contribution in [0.25, 0.3) is 22.2 Å². The van der Waals surface area contributed by atoms with E-state index in [-0.39, 0.29) is 6.10 Å². The summed E-state index contributed by atoms with van der Waals surface area (Å²) in [5.41, 5.74) is 2.30. The van der Waals surface area contributed by atoms with Crippen molar-refractivity contribution >= 4 is 22.5 Å². The molecule has 29 heavy (non-hydrogen) atoms. The van der Waals surface area contributed by atoms with Crippen LogP contribution in [-0.2, 0) is 17.0 Å². The van der Waals surface area contributed by atoms with Crippen molar-refractivity contribution in [2.75, 3.05) is 6.61 Å². The zero-order chi connectivity index (χ0) is 19.6. The molecule has 1 fully saturated rings. The molecule has 6 heteroatoms. The summed E-state index contributed by atoms with van der Waals surface area (Å²) < 4.78 is 13.6. The Morgan fingerprint density at radius 2 is 2.00 bits per heavy atom. The van der Waals surface area contributed by atoms with Crippen LogP contribution in [0.2, 0.25) is 0 Å². The highest BCUT2D eigenvalue weighted by molar-refractivity contribution is 7.98. The van der Waals surface area contributed by atoms with Gasteiger partial charge < -0.3 is 9.15 Å². The number of thioether (sulfide) groups is 1. The zero-order valence-corrected chi connectivity index (χ0v) is 17.2. The average Bonchev–Trinajstić information content (AvgIpc) is 3.49.